The second-order valence-corrected chi connectivity index (χ2v) is 6.96. The van der Waals surface area contributed by atoms with Crippen LogP contribution in [0.2, 0.25) is 10.0 Å². The summed E-state index contributed by atoms with van der Waals surface area (Å²) in [6, 6.07) is 22.0. The normalized spacial score (nSPS) is 16.3. The topological polar surface area (TPSA) is 44.7 Å². The van der Waals surface area contributed by atoms with Gasteiger partial charge in [0.25, 0.3) is 5.91 Å². The van der Waals surface area contributed by atoms with Crippen LogP contribution in [0.15, 0.2) is 77.9 Å². The fourth-order valence-electron chi connectivity index (χ4n) is 2.91. The summed E-state index contributed by atoms with van der Waals surface area (Å²) >= 11 is 11.9. The summed E-state index contributed by atoms with van der Waals surface area (Å²) in [6.45, 7) is 0. The van der Waals surface area contributed by atoms with E-state index < -0.39 is 6.17 Å². The van der Waals surface area contributed by atoms with Gasteiger partial charge in [-0.1, -0.05) is 59.6 Å². The average molecular weight is 396 g/mol. The van der Waals surface area contributed by atoms with Crippen molar-refractivity contribution in [3.8, 4) is 0 Å². The van der Waals surface area contributed by atoms with E-state index in [-0.39, 0.29) is 5.91 Å². The first-order valence-electron chi connectivity index (χ1n) is 8.36. The fraction of sp³-hybridized carbons (Fsp3) is 0.0476. The molecule has 6 heteroatoms. The van der Waals surface area contributed by atoms with E-state index in [0.717, 1.165) is 16.8 Å². The van der Waals surface area contributed by atoms with Crippen molar-refractivity contribution >= 4 is 41.0 Å². The third-order valence-corrected chi connectivity index (χ3v) is 4.79. The van der Waals surface area contributed by atoms with Gasteiger partial charge in [-0.05, 0) is 47.5 Å². The highest BCUT2D eigenvalue weighted by molar-refractivity contribution is 6.30. The summed E-state index contributed by atoms with van der Waals surface area (Å²) in [5.41, 5.74) is 3.09. The Balaban J connectivity index is 1.73. The second-order valence-electron chi connectivity index (χ2n) is 6.09. The molecule has 27 heavy (non-hydrogen) atoms. The van der Waals surface area contributed by atoms with Gasteiger partial charge in [-0.25, -0.2) is 5.01 Å². The van der Waals surface area contributed by atoms with Crippen LogP contribution in [0, 0.1) is 0 Å². The Morgan fingerprint density at radius 1 is 0.889 bits per heavy atom. The zero-order valence-electron chi connectivity index (χ0n) is 14.1. The van der Waals surface area contributed by atoms with Gasteiger partial charge in [0, 0.05) is 15.7 Å². The number of hydrogen-bond acceptors (Lipinski definition) is 3. The van der Waals surface area contributed by atoms with Crippen molar-refractivity contribution in [2.45, 2.75) is 6.17 Å². The Hall–Kier alpha value is -2.82. The lowest BCUT2D eigenvalue weighted by molar-refractivity contribution is 0.0691. The zero-order chi connectivity index (χ0) is 18.8. The molecule has 4 nitrogen and oxygen atoms in total. The Morgan fingerprint density at radius 2 is 1.52 bits per heavy atom. The van der Waals surface area contributed by atoms with Crippen molar-refractivity contribution < 1.29 is 4.79 Å². The molecule has 4 rings (SSSR count). The Bertz CT molecular complexity index is 1000. The van der Waals surface area contributed by atoms with E-state index in [1.807, 2.05) is 42.5 Å². The number of rotatable bonds is 3. The summed E-state index contributed by atoms with van der Waals surface area (Å²) in [5, 5.41) is 10.6. The lowest BCUT2D eigenvalue weighted by Gasteiger charge is -2.34. The molecule has 3 aromatic carbocycles. The third-order valence-electron chi connectivity index (χ3n) is 4.29. The van der Waals surface area contributed by atoms with Crippen LogP contribution in [0.25, 0.3) is 0 Å². The van der Waals surface area contributed by atoms with Crippen LogP contribution >= 0.6 is 23.2 Å². The smallest absolute Gasteiger partial charge is 0.278 e. The number of anilines is 1. The van der Waals surface area contributed by atoms with Crippen molar-refractivity contribution in [3.63, 3.8) is 0 Å². The molecule has 1 aliphatic heterocycles. The van der Waals surface area contributed by atoms with Crippen molar-refractivity contribution in [3.05, 3.63) is 99.5 Å². The maximum Gasteiger partial charge on any atom is 0.278 e. The van der Waals surface area contributed by atoms with Crippen LogP contribution in [0.1, 0.15) is 27.7 Å². The molecule has 1 heterocycles. The standard InChI is InChI=1S/C21H15Cl2N3O/c22-16-9-5-14(6-10-16)13-24-26-20(15-7-11-17(23)12-8-15)25-19-4-2-1-3-18(19)21(26)27/h1-13,20,25H/b24-13+/t20-/m0/s1. The van der Waals surface area contributed by atoms with Crippen LogP contribution in [0.5, 0.6) is 0 Å². The number of fused-ring (bicyclic) bond motifs is 1. The largest absolute Gasteiger partial charge is 0.359 e. The Labute approximate surface area is 167 Å². The molecule has 0 fully saturated rings. The monoisotopic (exact) mass is 395 g/mol. The minimum absolute atomic E-state index is 0.172. The van der Waals surface area contributed by atoms with Gasteiger partial charge in [0.15, 0.2) is 6.17 Å². The van der Waals surface area contributed by atoms with E-state index in [4.69, 9.17) is 23.2 Å². The highest BCUT2D eigenvalue weighted by Crippen LogP contribution is 2.33. The molecule has 0 saturated carbocycles. The molecule has 0 radical (unpaired) electrons. The molecule has 0 aromatic heterocycles. The molecule has 1 atom stereocenters. The molecular formula is C21H15Cl2N3O. The number of halogens is 2. The van der Waals surface area contributed by atoms with Crippen molar-refractivity contribution in [2.24, 2.45) is 5.10 Å². The fourth-order valence-corrected chi connectivity index (χ4v) is 3.16. The summed E-state index contributed by atoms with van der Waals surface area (Å²) in [5.74, 6) is -0.172. The van der Waals surface area contributed by atoms with Crippen LogP contribution < -0.4 is 5.32 Å². The molecule has 0 unspecified atom stereocenters. The van der Waals surface area contributed by atoms with Crippen LogP contribution in [-0.4, -0.2) is 17.1 Å². The van der Waals surface area contributed by atoms with Gasteiger partial charge in [-0.3, -0.25) is 4.79 Å². The van der Waals surface area contributed by atoms with Gasteiger partial charge in [0.1, 0.15) is 0 Å². The van der Waals surface area contributed by atoms with Gasteiger partial charge in [0.05, 0.1) is 11.8 Å². The Kier molecular flexibility index (Phi) is 4.84. The average Bonchev–Trinajstić information content (AvgIpc) is 2.69. The molecule has 0 aliphatic carbocycles. The second kappa shape index (κ2) is 7.43. The zero-order valence-corrected chi connectivity index (χ0v) is 15.7. The molecular weight excluding hydrogens is 381 g/mol. The maximum absolute atomic E-state index is 13.1. The molecule has 0 bridgehead atoms. The number of para-hydroxylation sites is 1. The van der Waals surface area contributed by atoms with Crippen LogP contribution in [0.3, 0.4) is 0 Å². The number of nitrogens with zero attached hydrogens (tertiary/aromatic N) is 2. The van der Waals surface area contributed by atoms with Crippen molar-refractivity contribution in [1.82, 2.24) is 5.01 Å². The number of hydrogen-bond donors (Lipinski definition) is 1. The van der Waals surface area contributed by atoms with Gasteiger partial charge in [-0.15, -0.1) is 0 Å². The van der Waals surface area contributed by atoms with E-state index in [1.54, 1.807) is 36.5 Å². The highest BCUT2D eigenvalue weighted by Gasteiger charge is 2.32. The summed E-state index contributed by atoms with van der Waals surface area (Å²) in [4.78, 5) is 13.1. The lowest BCUT2D eigenvalue weighted by atomic mass is 10.1. The quantitative estimate of drug-likeness (QED) is 0.587. The molecule has 134 valence electrons. The first kappa shape index (κ1) is 17.6. The molecule has 3 aromatic rings. The highest BCUT2D eigenvalue weighted by atomic mass is 35.5. The lowest BCUT2D eigenvalue weighted by Crippen LogP contribution is -2.39. The van der Waals surface area contributed by atoms with Gasteiger partial charge in [0.2, 0.25) is 0 Å². The molecule has 1 N–H and O–H groups in total. The van der Waals surface area contributed by atoms with Gasteiger partial charge in [-0.2, -0.15) is 5.10 Å². The number of amides is 1. The number of carbonyl (C=O) groups excluding carboxylic acids is 1. The first-order chi connectivity index (χ1) is 13.1. The number of nitrogens with one attached hydrogen (secondary N) is 1. The van der Waals surface area contributed by atoms with E-state index >= 15 is 0 Å². The Morgan fingerprint density at radius 3 is 2.22 bits per heavy atom. The van der Waals surface area contributed by atoms with Crippen molar-refractivity contribution in [1.29, 1.82) is 0 Å². The molecule has 0 saturated heterocycles. The predicted octanol–water partition coefficient (Wildman–Crippen LogP) is 5.59. The van der Waals surface area contributed by atoms with Crippen LogP contribution in [0.4, 0.5) is 5.69 Å². The number of carbonyl (C=O) groups is 1. The van der Waals surface area contributed by atoms with E-state index in [9.17, 15) is 4.79 Å². The van der Waals surface area contributed by atoms with Gasteiger partial charge >= 0.3 is 0 Å². The van der Waals surface area contributed by atoms with E-state index in [0.29, 0.717) is 15.6 Å². The minimum atomic E-state index is -0.437. The summed E-state index contributed by atoms with van der Waals surface area (Å²) < 4.78 is 0. The molecule has 1 amide bonds. The SMILES string of the molecule is O=C1c2ccccc2N[C@H](c2ccc(Cl)cc2)N1/N=C/c1ccc(Cl)cc1. The van der Waals surface area contributed by atoms with E-state index in [1.165, 1.54) is 5.01 Å². The van der Waals surface area contributed by atoms with E-state index in [2.05, 4.69) is 10.4 Å². The third kappa shape index (κ3) is 3.68. The predicted molar refractivity (Wildman–Crippen MR) is 109 cm³/mol. The molecule has 1 aliphatic rings. The van der Waals surface area contributed by atoms with Crippen LogP contribution in [-0.2, 0) is 0 Å². The maximum atomic E-state index is 13.1. The number of benzene rings is 3. The minimum Gasteiger partial charge on any atom is -0.359 e. The number of hydrazone groups is 1. The summed E-state index contributed by atoms with van der Waals surface area (Å²) in [6.07, 6.45) is 1.21. The van der Waals surface area contributed by atoms with Gasteiger partial charge < -0.3 is 5.32 Å². The summed E-state index contributed by atoms with van der Waals surface area (Å²) in [7, 11) is 0. The van der Waals surface area contributed by atoms with Crippen molar-refractivity contribution in [2.75, 3.05) is 5.32 Å². The first-order valence-corrected chi connectivity index (χ1v) is 9.11. The molecule has 0 spiro atoms.